The Morgan fingerprint density at radius 2 is 1.89 bits per heavy atom. The van der Waals surface area contributed by atoms with Gasteiger partial charge in [-0.25, -0.2) is 4.79 Å². The first-order chi connectivity index (χ1) is 13.3. The molecular weight excluding hydrogens is 356 g/mol. The van der Waals surface area contributed by atoms with Crippen LogP contribution in [0, 0.1) is 13.8 Å². The van der Waals surface area contributed by atoms with Crippen molar-refractivity contribution in [2.75, 3.05) is 12.4 Å². The van der Waals surface area contributed by atoms with E-state index in [4.69, 9.17) is 4.74 Å². The lowest BCUT2D eigenvalue weighted by Crippen LogP contribution is -2.32. The molecule has 2 amide bonds. The second-order valence-electron chi connectivity index (χ2n) is 6.76. The Kier molecular flexibility index (Phi) is 5.39. The van der Waals surface area contributed by atoms with E-state index in [1.54, 1.807) is 29.7 Å². The average molecular weight is 382 g/mol. The van der Waals surface area contributed by atoms with Gasteiger partial charge in [-0.2, -0.15) is 10.2 Å². The Morgan fingerprint density at radius 3 is 2.54 bits per heavy atom. The van der Waals surface area contributed by atoms with Crippen LogP contribution in [-0.4, -0.2) is 32.7 Å². The van der Waals surface area contributed by atoms with Crippen molar-refractivity contribution in [3.63, 3.8) is 0 Å². The van der Waals surface area contributed by atoms with Crippen LogP contribution in [-0.2, 0) is 14.1 Å². The second-order valence-corrected chi connectivity index (χ2v) is 6.76. The summed E-state index contributed by atoms with van der Waals surface area (Å²) < 4.78 is 8.94. The Morgan fingerprint density at radius 1 is 1.18 bits per heavy atom. The molecule has 3 rings (SSSR count). The number of urea groups is 1. The van der Waals surface area contributed by atoms with E-state index in [9.17, 15) is 4.79 Å². The van der Waals surface area contributed by atoms with Crippen molar-refractivity contribution in [3.05, 3.63) is 47.4 Å². The number of rotatable bonds is 5. The van der Waals surface area contributed by atoms with Crippen LogP contribution in [0.4, 0.5) is 10.6 Å². The van der Waals surface area contributed by atoms with Gasteiger partial charge in [0.25, 0.3) is 0 Å². The number of hydrogen-bond acceptors (Lipinski definition) is 4. The van der Waals surface area contributed by atoms with Gasteiger partial charge in [-0.3, -0.25) is 14.7 Å². The number of ether oxygens (including phenoxy) is 1. The van der Waals surface area contributed by atoms with E-state index >= 15 is 0 Å². The zero-order valence-corrected chi connectivity index (χ0v) is 17.1. The van der Waals surface area contributed by atoms with Crippen LogP contribution in [0.1, 0.15) is 29.9 Å². The predicted octanol–water partition coefficient (Wildman–Crippen LogP) is 3.33. The molecule has 0 aliphatic heterocycles. The lowest BCUT2D eigenvalue weighted by Gasteiger charge is -2.16. The van der Waals surface area contributed by atoms with Crippen molar-refractivity contribution < 1.29 is 9.53 Å². The summed E-state index contributed by atoms with van der Waals surface area (Å²) in [6.45, 7) is 5.81. The highest BCUT2D eigenvalue weighted by atomic mass is 16.5. The fraction of sp³-hybridized carbons (Fsp3) is 0.350. The normalized spacial score (nSPS) is 11.9. The fourth-order valence-corrected chi connectivity index (χ4v) is 3.33. The minimum Gasteiger partial charge on any atom is -0.496 e. The first-order valence-corrected chi connectivity index (χ1v) is 9.06. The highest BCUT2D eigenvalue weighted by Crippen LogP contribution is 2.37. The molecule has 0 aliphatic carbocycles. The summed E-state index contributed by atoms with van der Waals surface area (Å²) in [7, 11) is 5.31. The molecule has 0 radical (unpaired) electrons. The number of carbonyl (C=O) groups excluding carboxylic acids is 1. The number of para-hydroxylation sites is 1. The third kappa shape index (κ3) is 3.58. The standard InChI is InChI=1S/C20H26N6O2/c1-12(16-11-21-25(4)14(16)3)22-20(27)23-19-18(13(2)24-26(19)5)15-9-7-8-10-17(15)28-6/h7-12H,1-6H3,(H2,22,23,27)/t12-/m0/s1. The smallest absolute Gasteiger partial charge is 0.320 e. The lowest BCUT2D eigenvalue weighted by atomic mass is 10.0. The Labute approximate surface area is 164 Å². The molecule has 8 heteroatoms. The Bertz CT molecular complexity index is 1000. The van der Waals surface area contributed by atoms with Gasteiger partial charge < -0.3 is 10.1 Å². The summed E-state index contributed by atoms with van der Waals surface area (Å²) in [5.74, 6) is 1.33. The highest BCUT2D eigenvalue weighted by molar-refractivity contribution is 5.94. The summed E-state index contributed by atoms with van der Waals surface area (Å²) in [6, 6.07) is 7.19. The molecule has 0 unspecified atom stereocenters. The molecule has 0 spiro atoms. The molecular formula is C20H26N6O2. The minimum atomic E-state index is -0.310. The highest BCUT2D eigenvalue weighted by Gasteiger charge is 2.21. The number of anilines is 1. The van der Waals surface area contributed by atoms with E-state index in [0.29, 0.717) is 5.82 Å². The predicted molar refractivity (Wildman–Crippen MR) is 108 cm³/mol. The third-order valence-electron chi connectivity index (χ3n) is 4.92. The molecule has 8 nitrogen and oxygen atoms in total. The first kappa shape index (κ1) is 19.5. The molecule has 1 atom stereocenters. The molecule has 0 aliphatic rings. The van der Waals surface area contributed by atoms with Crippen LogP contribution >= 0.6 is 0 Å². The monoisotopic (exact) mass is 382 g/mol. The third-order valence-corrected chi connectivity index (χ3v) is 4.92. The summed E-state index contributed by atoms with van der Waals surface area (Å²) >= 11 is 0. The van der Waals surface area contributed by atoms with Crippen molar-refractivity contribution >= 4 is 11.8 Å². The Balaban J connectivity index is 1.86. The number of nitrogens with zero attached hydrogens (tertiary/aromatic N) is 4. The maximum Gasteiger partial charge on any atom is 0.320 e. The second kappa shape index (κ2) is 7.75. The maximum absolute atomic E-state index is 12.7. The van der Waals surface area contributed by atoms with Crippen molar-refractivity contribution in [1.82, 2.24) is 24.9 Å². The van der Waals surface area contributed by atoms with Crippen LogP contribution < -0.4 is 15.4 Å². The zero-order valence-electron chi connectivity index (χ0n) is 17.1. The molecule has 148 valence electrons. The molecule has 2 N–H and O–H groups in total. The maximum atomic E-state index is 12.7. The minimum absolute atomic E-state index is 0.183. The van der Waals surface area contributed by atoms with Crippen molar-refractivity contribution in [2.45, 2.75) is 26.8 Å². The zero-order chi connectivity index (χ0) is 20.4. The van der Waals surface area contributed by atoms with Gasteiger partial charge in [-0.15, -0.1) is 0 Å². The summed E-state index contributed by atoms with van der Waals surface area (Å²) in [4.78, 5) is 12.7. The van der Waals surface area contributed by atoms with Crippen molar-refractivity contribution in [3.8, 4) is 16.9 Å². The number of aryl methyl sites for hydroxylation is 3. The number of nitrogens with one attached hydrogen (secondary N) is 2. The van der Waals surface area contributed by atoms with E-state index in [1.807, 2.05) is 52.1 Å². The van der Waals surface area contributed by atoms with E-state index < -0.39 is 0 Å². The largest absolute Gasteiger partial charge is 0.496 e. The summed E-state index contributed by atoms with van der Waals surface area (Å²) in [5.41, 5.74) is 4.50. The Hall–Kier alpha value is -3.29. The number of amides is 2. The molecule has 28 heavy (non-hydrogen) atoms. The van der Waals surface area contributed by atoms with E-state index in [1.165, 1.54) is 0 Å². The summed E-state index contributed by atoms with van der Waals surface area (Å²) in [6.07, 6.45) is 1.77. The van der Waals surface area contributed by atoms with E-state index in [0.717, 1.165) is 33.8 Å². The molecule has 0 fully saturated rings. The molecule has 0 saturated heterocycles. The van der Waals surface area contributed by atoms with Gasteiger partial charge in [0.2, 0.25) is 0 Å². The van der Waals surface area contributed by atoms with Crippen LogP contribution in [0.5, 0.6) is 5.75 Å². The molecule has 3 aromatic rings. The quantitative estimate of drug-likeness (QED) is 0.709. The van der Waals surface area contributed by atoms with E-state index in [-0.39, 0.29) is 12.1 Å². The van der Waals surface area contributed by atoms with Gasteiger partial charge in [0.05, 0.1) is 30.6 Å². The van der Waals surface area contributed by atoms with Gasteiger partial charge >= 0.3 is 6.03 Å². The van der Waals surface area contributed by atoms with Crippen LogP contribution in [0.2, 0.25) is 0 Å². The fourth-order valence-electron chi connectivity index (χ4n) is 3.33. The lowest BCUT2D eigenvalue weighted by molar-refractivity contribution is 0.249. The van der Waals surface area contributed by atoms with Crippen LogP contribution in [0.3, 0.4) is 0 Å². The van der Waals surface area contributed by atoms with Crippen LogP contribution in [0.15, 0.2) is 30.5 Å². The molecule has 2 aromatic heterocycles. The molecule has 1 aromatic carbocycles. The molecule has 0 saturated carbocycles. The number of carbonyl (C=O) groups is 1. The van der Waals surface area contributed by atoms with Gasteiger partial charge in [0.15, 0.2) is 0 Å². The number of benzene rings is 1. The van der Waals surface area contributed by atoms with Gasteiger partial charge in [0.1, 0.15) is 11.6 Å². The number of hydrogen-bond donors (Lipinski definition) is 2. The summed E-state index contributed by atoms with van der Waals surface area (Å²) in [5, 5.41) is 14.6. The SMILES string of the molecule is COc1ccccc1-c1c(C)nn(C)c1NC(=O)N[C@@H](C)c1cnn(C)c1C. The molecule has 0 bridgehead atoms. The van der Waals surface area contributed by atoms with Crippen molar-refractivity contribution in [2.24, 2.45) is 14.1 Å². The first-order valence-electron chi connectivity index (χ1n) is 9.06. The van der Waals surface area contributed by atoms with Gasteiger partial charge in [-0.05, 0) is 26.8 Å². The van der Waals surface area contributed by atoms with Crippen LogP contribution in [0.25, 0.3) is 11.1 Å². The van der Waals surface area contributed by atoms with E-state index in [2.05, 4.69) is 20.8 Å². The topological polar surface area (TPSA) is 86.0 Å². The van der Waals surface area contributed by atoms with Crippen molar-refractivity contribution in [1.29, 1.82) is 0 Å². The van der Waals surface area contributed by atoms with Gasteiger partial charge in [-0.1, -0.05) is 18.2 Å². The molecule has 2 heterocycles. The average Bonchev–Trinajstić information content (AvgIpc) is 3.13. The number of methoxy groups -OCH3 is 1. The van der Waals surface area contributed by atoms with Gasteiger partial charge in [0, 0.05) is 30.9 Å². The number of aromatic nitrogens is 4.